The Balaban J connectivity index is 2.23. The summed E-state index contributed by atoms with van der Waals surface area (Å²) in [6.45, 7) is 7.19. The smallest absolute Gasteiger partial charge is 0.334 e. The van der Waals surface area contributed by atoms with Crippen molar-refractivity contribution in [3.63, 3.8) is 0 Å². The summed E-state index contributed by atoms with van der Waals surface area (Å²) in [5.41, 5.74) is 1.68. The van der Waals surface area contributed by atoms with Gasteiger partial charge in [-0.05, 0) is 36.5 Å². The number of rotatable bonds is 4. The standard InChI is InChI=1S/C19H26O6/c1-11(2)18(22)24-10-13-5-4-6-14(9-20)16(21)8-15-12(3)19(23)25-17(15)7-13/h6-7,11,15-17,20-21H,3-5,8-10H2,1-2H3/b13-7-,14-6+/t15-,16+,17+/m0/s1. The van der Waals surface area contributed by atoms with E-state index < -0.39 is 18.2 Å². The van der Waals surface area contributed by atoms with Crippen LogP contribution < -0.4 is 0 Å². The zero-order chi connectivity index (χ0) is 18.6. The first-order valence-corrected chi connectivity index (χ1v) is 8.57. The number of aliphatic hydroxyl groups is 2. The first kappa shape index (κ1) is 19.4. The fraction of sp³-hybridized carbons (Fsp3) is 0.579. The Hall–Kier alpha value is -1.92. The minimum absolute atomic E-state index is 0.134. The molecule has 1 aliphatic carbocycles. The van der Waals surface area contributed by atoms with Crippen molar-refractivity contribution in [2.75, 3.05) is 13.2 Å². The topological polar surface area (TPSA) is 93.1 Å². The van der Waals surface area contributed by atoms with E-state index in [1.165, 1.54) is 0 Å². The van der Waals surface area contributed by atoms with Crippen LogP contribution in [0.3, 0.4) is 0 Å². The molecule has 1 saturated heterocycles. The normalized spacial score (nSPS) is 31.5. The molecule has 2 N–H and O–H groups in total. The Morgan fingerprint density at radius 3 is 2.84 bits per heavy atom. The molecule has 0 amide bonds. The van der Waals surface area contributed by atoms with E-state index in [0.29, 0.717) is 24.0 Å². The van der Waals surface area contributed by atoms with Crippen LogP contribution in [0.4, 0.5) is 0 Å². The van der Waals surface area contributed by atoms with Gasteiger partial charge in [-0.3, -0.25) is 4.79 Å². The molecule has 0 radical (unpaired) electrons. The third-order valence-electron chi connectivity index (χ3n) is 4.58. The van der Waals surface area contributed by atoms with E-state index >= 15 is 0 Å². The van der Waals surface area contributed by atoms with Gasteiger partial charge in [-0.15, -0.1) is 0 Å². The minimum Gasteiger partial charge on any atom is -0.461 e. The van der Waals surface area contributed by atoms with E-state index in [0.717, 1.165) is 5.57 Å². The van der Waals surface area contributed by atoms with Gasteiger partial charge in [0.25, 0.3) is 0 Å². The second-order valence-corrected chi connectivity index (χ2v) is 6.82. The Morgan fingerprint density at radius 1 is 1.48 bits per heavy atom. The van der Waals surface area contributed by atoms with Crippen molar-refractivity contribution in [1.82, 2.24) is 0 Å². The number of carbonyl (C=O) groups excluding carboxylic acids is 2. The molecule has 1 fully saturated rings. The van der Waals surface area contributed by atoms with Crippen LogP contribution in [0.2, 0.25) is 0 Å². The van der Waals surface area contributed by atoms with Crippen LogP contribution in [-0.2, 0) is 19.1 Å². The lowest BCUT2D eigenvalue weighted by Crippen LogP contribution is -2.25. The van der Waals surface area contributed by atoms with Crippen molar-refractivity contribution in [2.45, 2.75) is 45.3 Å². The molecule has 0 aromatic carbocycles. The molecule has 0 aromatic rings. The third-order valence-corrected chi connectivity index (χ3v) is 4.58. The van der Waals surface area contributed by atoms with E-state index in [1.807, 2.05) is 0 Å². The monoisotopic (exact) mass is 350 g/mol. The lowest BCUT2D eigenvalue weighted by Gasteiger charge is -2.22. The summed E-state index contributed by atoms with van der Waals surface area (Å²) in [5, 5.41) is 19.8. The average molecular weight is 350 g/mol. The molecular weight excluding hydrogens is 324 g/mol. The molecule has 3 atom stereocenters. The third kappa shape index (κ3) is 4.80. The van der Waals surface area contributed by atoms with Gasteiger partial charge >= 0.3 is 11.9 Å². The van der Waals surface area contributed by atoms with Crippen LogP contribution in [0.15, 0.2) is 35.5 Å². The van der Waals surface area contributed by atoms with Gasteiger partial charge in [0.15, 0.2) is 0 Å². The van der Waals surface area contributed by atoms with Gasteiger partial charge in [-0.25, -0.2) is 4.79 Å². The van der Waals surface area contributed by atoms with Crippen LogP contribution in [0.25, 0.3) is 0 Å². The molecule has 25 heavy (non-hydrogen) atoms. The maximum atomic E-state index is 11.9. The molecule has 2 aliphatic rings. The van der Waals surface area contributed by atoms with Gasteiger partial charge in [0, 0.05) is 11.5 Å². The Labute approximate surface area is 147 Å². The number of fused-ring (bicyclic) bond motifs is 1. The summed E-state index contributed by atoms with van der Waals surface area (Å²) in [4.78, 5) is 23.6. The van der Waals surface area contributed by atoms with Gasteiger partial charge in [0.1, 0.15) is 12.7 Å². The predicted octanol–water partition coefficient (Wildman–Crippen LogP) is 1.67. The zero-order valence-corrected chi connectivity index (χ0v) is 14.7. The van der Waals surface area contributed by atoms with E-state index in [-0.39, 0.29) is 37.4 Å². The van der Waals surface area contributed by atoms with Gasteiger partial charge in [0.2, 0.25) is 0 Å². The van der Waals surface area contributed by atoms with Crippen LogP contribution in [0.1, 0.15) is 33.1 Å². The molecule has 2 rings (SSSR count). The highest BCUT2D eigenvalue weighted by atomic mass is 16.6. The van der Waals surface area contributed by atoms with Crippen molar-refractivity contribution in [3.8, 4) is 0 Å². The van der Waals surface area contributed by atoms with Crippen molar-refractivity contribution in [1.29, 1.82) is 0 Å². The fourth-order valence-electron chi connectivity index (χ4n) is 2.96. The number of allylic oxidation sites excluding steroid dienone is 1. The van der Waals surface area contributed by atoms with Crippen LogP contribution in [-0.4, -0.2) is 47.6 Å². The second-order valence-electron chi connectivity index (χ2n) is 6.82. The first-order chi connectivity index (χ1) is 11.8. The maximum absolute atomic E-state index is 11.9. The van der Waals surface area contributed by atoms with Crippen LogP contribution in [0, 0.1) is 11.8 Å². The molecule has 0 bridgehead atoms. The van der Waals surface area contributed by atoms with Crippen LogP contribution >= 0.6 is 0 Å². The lowest BCUT2D eigenvalue weighted by atomic mass is 9.86. The molecule has 6 heteroatoms. The molecular formula is C19H26O6. The molecule has 6 nitrogen and oxygen atoms in total. The highest BCUT2D eigenvalue weighted by molar-refractivity contribution is 5.91. The molecule has 0 aromatic heterocycles. The van der Waals surface area contributed by atoms with E-state index in [1.54, 1.807) is 26.0 Å². The molecule has 138 valence electrons. The van der Waals surface area contributed by atoms with Crippen molar-refractivity contribution >= 4 is 11.9 Å². The number of ether oxygens (including phenoxy) is 2. The average Bonchev–Trinajstić information content (AvgIpc) is 2.83. The van der Waals surface area contributed by atoms with Gasteiger partial charge in [-0.2, -0.15) is 0 Å². The minimum atomic E-state index is -0.850. The van der Waals surface area contributed by atoms with Gasteiger partial charge < -0.3 is 19.7 Å². The summed E-state index contributed by atoms with van der Waals surface area (Å²) in [5.74, 6) is -1.35. The predicted molar refractivity (Wildman–Crippen MR) is 91.4 cm³/mol. The lowest BCUT2D eigenvalue weighted by molar-refractivity contribution is -0.146. The highest BCUT2D eigenvalue weighted by Crippen LogP contribution is 2.34. The summed E-state index contributed by atoms with van der Waals surface area (Å²) in [6, 6.07) is 0. The maximum Gasteiger partial charge on any atom is 0.334 e. The largest absolute Gasteiger partial charge is 0.461 e. The molecule has 1 heterocycles. The number of hydrogen-bond donors (Lipinski definition) is 2. The highest BCUT2D eigenvalue weighted by Gasteiger charge is 2.39. The number of esters is 2. The SMILES string of the molecule is C=C1C(=O)O[C@@H]2/C=C(\COC(=O)C(C)C)CC/C=C(\CO)[C@H](O)C[C@@H]12. The molecule has 0 saturated carbocycles. The summed E-state index contributed by atoms with van der Waals surface area (Å²) >= 11 is 0. The van der Waals surface area contributed by atoms with Crippen molar-refractivity contribution in [3.05, 3.63) is 35.5 Å². The van der Waals surface area contributed by atoms with Gasteiger partial charge in [0.05, 0.1) is 18.6 Å². The Kier molecular flexibility index (Phi) is 6.56. The molecule has 1 aliphatic heterocycles. The fourth-order valence-corrected chi connectivity index (χ4v) is 2.96. The number of carbonyl (C=O) groups is 2. The van der Waals surface area contributed by atoms with Gasteiger partial charge in [-0.1, -0.05) is 26.5 Å². The zero-order valence-electron chi connectivity index (χ0n) is 14.7. The number of hydrogen-bond acceptors (Lipinski definition) is 6. The van der Waals surface area contributed by atoms with Crippen molar-refractivity contribution < 1.29 is 29.3 Å². The Bertz CT molecular complexity index is 601. The van der Waals surface area contributed by atoms with Crippen LogP contribution in [0.5, 0.6) is 0 Å². The van der Waals surface area contributed by atoms with E-state index in [2.05, 4.69) is 6.58 Å². The van der Waals surface area contributed by atoms with Crippen molar-refractivity contribution in [2.24, 2.45) is 11.8 Å². The number of aliphatic hydroxyl groups excluding tert-OH is 2. The summed E-state index contributed by atoms with van der Waals surface area (Å²) in [6.07, 6.45) is 3.62. The molecule has 0 spiro atoms. The van der Waals surface area contributed by atoms with E-state index in [4.69, 9.17) is 9.47 Å². The van der Waals surface area contributed by atoms with E-state index in [9.17, 15) is 19.8 Å². The second kappa shape index (κ2) is 8.45. The summed E-state index contributed by atoms with van der Waals surface area (Å²) < 4.78 is 10.7. The quantitative estimate of drug-likeness (QED) is 0.455. The summed E-state index contributed by atoms with van der Waals surface area (Å²) in [7, 11) is 0. The molecule has 0 unspecified atom stereocenters. The first-order valence-electron chi connectivity index (χ1n) is 8.57. The Morgan fingerprint density at radius 2 is 2.20 bits per heavy atom.